The molecule has 13 heteroatoms. The van der Waals surface area contributed by atoms with Gasteiger partial charge in [-0.25, -0.2) is 13.6 Å². The predicted octanol–water partition coefficient (Wildman–Crippen LogP) is 4.53. The second-order valence-corrected chi connectivity index (χ2v) is 7.41. The van der Waals surface area contributed by atoms with Gasteiger partial charge in [0.05, 0.1) is 10.6 Å². The van der Waals surface area contributed by atoms with E-state index in [9.17, 15) is 23.1 Å². The lowest BCUT2D eigenvalue weighted by Gasteiger charge is -2.20. The fourth-order valence-electron chi connectivity index (χ4n) is 2.99. The molecule has 34 heavy (non-hydrogen) atoms. The van der Waals surface area contributed by atoms with Crippen molar-refractivity contribution in [1.29, 1.82) is 0 Å². The molecule has 0 spiro atoms. The molecule has 182 valence electrons. The number of alkyl halides is 3. The molecule has 0 amide bonds. The van der Waals surface area contributed by atoms with Crippen LogP contribution >= 0.6 is 11.6 Å². The van der Waals surface area contributed by atoms with Crippen LogP contribution in [-0.2, 0) is 13.2 Å². The zero-order valence-electron chi connectivity index (χ0n) is 17.8. The average Bonchev–Trinajstić information content (AvgIpc) is 3.10. The monoisotopic (exact) mass is 504 g/mol. The van der Waals surface area contributed by atoms with Gasteiger partial charge in [-0.15, -0.1) is 5.10 Å². The molecule has 2 aromatic heterocycles. The Kier molecular flexibility index (Phi) is 7.41. The minimum atomic E-state index is -4.82. The largest absolute Gasteiger partial charge is 0.480 e. The number of pyridine rings is 1. The summed E-state index contributed by atoms with van der Waals surface area (Å²) in [5, 5.41) is 13.3. The minimum Gasteiger partial charge on any atom is -0.480 e. The Labute approximate surface area is 194 Å². The van der Waals surface area contributed by atoms with Gasteiger partial charge in [-0.2, -0.15) is 17.9 Å². The predicted molar refractivity (Wildman–Crippen MR) is 114 cm³/mol. The summed E-state index contributed by atoms with van der Waals surface area (Å²) >= 11 is 5.96. The van der Waals surface area contributed by atoms with Crippen LogP contribution < -0.4 is 10.4 Å². The fraction of sp³-hybridized carbons (Fsp3) is 0.286. The summed E-state index contributed by atoms with van der Waals surface area (Å²) in [5.74, 6) is -3.12. The number of halogens is 6. The highest BCUT2D eigenvalue weighted by molar-refractivity contribution is 6.32. The van der Waals surface area contributed by atoms with Crippen LogP contribution in [0.4, 0.5) is 22.0 Å². The Morgan fingerprint density at radius 1 is 1.35 bits per heavy atom. The summed E-state index contributed by atoms with van der Waals surface area (Å²) < 4.78 is 76.1. The number of benzene rings is 1. The number of hydrogen-bond donors (Lipinski definition) is 1. The number of rotatable bonds is 7. The highest BCUT2D eigenvalue weighted by Gasteiger charge is 2.38. The van der Waals surface area contributed by atoms with Gasteiger partial charge in [-0.3, -0.25) is 9.55 Å². The molecule has 0 saturated heterocycles. The zero-order chi connectivity index (χ0) is 25.2. The van der Waals surface area contributed by atoms with Crippen molar-refractivity contribution in [2.75, 3.05) is 0 Å². The van der Waals surface area contributed by atoms with E-state index in [0.717, 1.165) is 16.7 Å². The van der Waals surface area contributed by atoms with Crippen molar-refractivity contribution in [1.82, 2.24) is 19.3 Å². The third-order valence-electron chi connectivity index (χ3n) is 4.77. The van der Waals surface area contributed by atoms with Gasteiger partial charge in [-0.1, -0.05) is 11.6 Å². The van der Waals surface area contributed by atoms with E-state index in [-0.39, 0.29) is 23.0 Å². The van der Waals surface area contributed by atoms with Gasteiger partial charge in [0.25, 0.3) is 0 Å². The summed E-state index contributed by atoms with van der Waals surface area (Å²) in [6, 6.07) is 2.68. The number of ether oxygens (including phenoxy) is 1. The van der Waals surface area contributed by atoms with Crippen LogP contribution in [0, 0.1) is 5.82 Å². The maximum absolute atomic E-state index is 15.1. The molecular formula is C21H18ClF5N4O3. The first-order valence-electron chi connectivity index (χ1n) is 9.81. The van der Waals surface area contributed by atoms with Gasteiger partial charge in [0, 0.05) is 30.6 Å². The normalized spacial score (nSPS) is 13.3. The van der Waals surface area contributed by atoms with Crippen LogP contribution in [0.15, 0.2) is 35.4 Å². The number of aromatic nitrogens is 4. The lowest BCUT2D eigenvalue weighted by atomic mass is 10.1. The van der Waals surface area contributed by atoms with Crippen molar-refractivity contribution in [2.24, 2.45) is 0 Å². The molecule has 0 saturated carbocycles. The number of aliphatic hydroxyl groups excluding tert-OH is 1. The zero-order valence-corrected chi connectivity index (χ0v) is 18.5. The van der Waals surface area contributed by atoms with Crippen molar-refractivity contribution < 1.29 is 31.8 Å². The smallest absolute Gasteiger partial charge is 0.425 e. The molecule has 0 fully saturated rings. The van der Waals surface area contributed by atoms with Crippen LogP contribution in [-0.4, -0.2) is 36.7 Å². The molecule has 0 unspecified atom stereocenters. The van der Waals surface area contributed by atoms with Gasteiger partial charge in [-0.05, 0) is 32.1 Å². The quantitative estimate of drug-likeness (QED) is 0.478. The summed E-state index contributed by atoms with van der Waals surface area (Å²) in [4.78, 5) is 16.4. The van der Waals surface area contributed by atoms with Crippen molar-refractivity contribution in [3.05, 3.63) is 68.9 Å². The van der Waals surface area contributed by atoms with E-state index in [4.69, 9.17) is 16.3 Å². The van der Waals surface area contributed by atoms with Crippen molar-refractivity contribution in [3.63, 3.8) is 0 Å². The van der Waals surface area contributed by atoms with Gasteiger partial charge in [0.1, 0.15) is 29.7 Å². The molecule has 3 aromatic rings. The lowest BCUT2D eigenvalue weighted by Crippen LogP contribution is -2.31. The van der Waals surface area contributed by atoms with E-state index in [0.29, 0.717) is 17.7 Å². The fourth-order valence-corrected chi connectivity index (χ4v) is 3.14. The van der Waals surface area contributed by atoms with Gasteiger partial charge >= 0.3 is 11.9 Å². The van der Waals surface area contributed by atoms with E-state index < -0.39 is 53.2 Å². The molecular weight excluding hydrogens is 487 g/mol. The van der Waals surface area contributed by atoms with E-state index in [1.807, 2.05) is 0 Å². The average molecular weight is 505 g/mol. The van der Waals surface area contributed by atoms with Gasteiger partial charge in [0.2, 0.25) is 0 Å². The van der Waals surface area contributed by atoms with E-state index in [2.05, 4.69) is 10.1 Å². The number of aliphatic hydroxyl groups is 1. The number of hydrogen-bond acceptors (Lipinski definition) is 5. The summed E-state index contributed by atoms with van der Waals surface area (Å²) in [5.41, 5.74) is -2.01. The molecule has 0 aliphatic carbocycles. The topological polar surface area (TPSA) is 82.2 Å². The first kappa shape index (κ1) is 25.4. The molecule has 0 aliphatic rings. The van der Waals surface area contributed by atoms with Crippen LogP contribution in [0.25, 0.3) is 17.6 Å². The van der Waals surface area contributed by atoms with Crippen LogP contribution in [0.1, 0.15) is 30.8 Å². The van der Waals surface area contributed by atoms with Crippen molar-refractivity contribution in [3.8, 4) is 11.4 Å². The molecule has 1 atom stereocenters. The Morgan fingerprint density at radius 3 is 2.62 bits per heavy atom. The Hall–Kier alpha value is -3.25. The molecule has 1 aromatic carbocycles. The summed E-state index contributed by atoms with van der Waals surface area (Å²) in [6.07, 6.45) is -3.80. The molecule has 0 radical (unpaired) electrons. The molecule has 0 aliphatic heterocycles. The highest BCUT2D eigenvalue weighted by atomic mass is 35.5. The first-order valence-corrected chi connectivity index (χ1v) is 10.2. The summed E-state index contributed by atoms with van der Waals surface area (Å²) in [6.45, 7) is 1.71. The SMILES string of the molecule is CCn1c(CO)nn(-c2cc(O[C@@H](C)C(F)(F)F)c(/C(F)=C/c3cnccc3Cl)cc2F)c1=O. The molecule has 7 nitrogen and oxygen atoms in total. The third kappa shape index (κ3) is 5.12. The Balaban J connectivity index is 2.21. The summed E-state index contributed by atoms with van der Waals surface area (Å²) in [7, 11) is 0. The maximum atomic E-state index is 15.1. The minimum absolute atomic E-state index is 0.0893. The molecule has 1 N–H and O–H groups in total. The van der Waals surface area contributed by atoms with E-state index >= 15 is 8.78 Å². The molecule has 2 heterocycles. The number of nitrogens with zero attached hydrogens (tertiary/aromatic N) is 4. The van der Waals surface area contributed by atoms with E-state index in [1.54, 1.807) is 6.92 Å². The second kappa shape index (κ2) is 9.94. The standard InChI is InChI=1S/C21H18ClF5N4O3/c1-3-30-19(10-32)29-31(20(30)33)17-8-18(34-11(2)21(25,26)27)13(7-16(17)24)15(23)6-12-9-28-5-4-14(12)22/h4-9,11,32H,3,10H2,1-2H3/b15-6-/t11-/m0/s1. The Morgan fingerprint density at radius 2 is 2.06 bits per heavy atom. The third-order valence-corrected chi connectivity index (χ3v) is 5.12. The molecule has 0 bridgehead atoms. The van der Waals surface area contributed by atoms with Crippen molar-refractivity contribution >= 4 is 23.5 Å². The van der Waals surface area contributed by atoms with Crippen LogP contribution in [0.3, 0.4) is 0 Å². The highest BCUT2D eigenvalue weighted by Crippen LogP contribution is 2.35. The first-order chi connectivity index (χ1) is 16.0. The molecule has 3 rings (SSSR count). The second-order valence-electron chi connectivity index (χ2n) is 7.00. The van der Waals surface area contributed by atoms with Gasteiger partial charge < -0.3 is 9.84 Å². The maximum Gasteiger partial charge on any atom is 0.425 e. The van der Waals surface area contributed by atoms with Gasteiger partial charge in [0.15, 0.2) is 11.9 Å². The Bertz CT molecular complexity index is 1290. The van der Waals surface area contributed by atoms with E-state index in [1.165, 1.54) is 18.5 Å². The lowest BCUT2D eigenvalue weighted by molar-refractivity contribution is -0.189. The van der Waals surface area contributed by atoms with Crippen LogP contribution in [0.2, 0.25) is 5.02 Å². The van der Waals surface area contributed by atoms with Crippen molar-refractivity contribution in [2.45, 2.75) is 39.3 Å². The van der Waals surface area contributed by atoms with Crippen LogP contribution in [0.5, 0.6) is 5.75 Å².